The van der Waals surface area contributed by atoms with E-state index in [1.807, 2.05) is 34.6 Å². The van der Waals surface area contributed by atoms with Gasteiger partial charge in [-0.3, -0.25) is 4.79 Å². The number of benzene rings is 1. The lowest BCUT2D eigenvalue weighted by Gasteiger charge is -2.20. The van der Waals surface area contributed by atoms with E-state index in [0.29, 0.717) is 6.61 Å². The quantitative estimate of drug-likeness (QED) is 0.676. The van der Waals surface area contributed by atoms with Crippen LogP contribution in [0.25, 0.3) is 0 Å². The Kier molecular flexibility index (Phi) is 8.21. The fourth-order valence-electron chi connectivity index (χ4n) is 1.74. The molecule has 0 spiro atoms. The number of aryl methyl sites for hydroxylation is 2. The molecule has 0 unspecified atom stereocenters. The van der Waals surface area contributed by atoms with Crippen LogP contribution in [0.5, 0.6) is 5.75 Å². The molecule has 0 heterocycles. The third-order valence-corrected chi connectivity index (χ3v) is 3.50. The van der Waals surface area contributed by atoms with E-state index in [9.17, 15) is 4.79 Å². The van der Waals surface area contributed by atoms with Crippen LogP contribution in [0.2, 0.25) is 0 Å². The minimum atomic E-state index is -0.231. The van der Waals surface area contributed by atoms with Crippen LogP contribution in [0.3, 0.4) is 0 Å². The van der Waals surface area contributed by atoms with Gasteiger partial charge >= 0.3 is 0 Å². The highest BCUT2D eigenvalue weighted by atomic mass is 16.5. The lowest BCUT2D eigenvalue weighted by Crippen LogP contribution is -2.21. The second kappa shape index (κ2) is 8.78. The molecule has 1 aromatic rings. The molecule has 0 aliphatic rings. The zero-order valence-corrected chi connectivity index (χ0v) is 14.2. The molecule has 2 nitrogen and oxygen atoms in total. The molecule has 20 heavy (non-hydrogen) atoms. The molecule has 0 saturated heterocycles. The molecule has 0 bridgehead atoms. The van der Waals surface area contributed by atoms with Gasteiger partial charge < -0.3 is 4.74 Å². The average Bonchev–Trinajstić information content (AvgIpc) is 2.40. The van der Waals surface area contributed by atoms with E-state index in [2.05, 4.69) is 25.1 Å². The predicted molar refractivity (Wildman–Crippen MR) is 86.5 cm³/mol. The molecule has 0 amide bonds. The van der Waals surface area contributed by atoms with E-state index < -0.39 is 0 Å². The zero-order valence-electron chi connectivity index (χ0n) is 14.2. The van der Waals surface area contributed by atoms with Crippen molar-refractivity contribution in [2.75, 3.05) is 6.61 Å². The summed E-state index contributed by atoms with van der Waals surface area (Å²) < 4.78 is 5.78. The first-order valence-electron chi connectivity index (χ1n) is 7.54. The summed E-state index contributed by atoms with van der Waals surface area (Å²) in [5, 5.41) is 0. The Hall–Kier alpha value is -1.31. The molecule has 0 fully saturated rings. The van der Waals surface area contributed by atoms with Crippen molar-refractivity contribution in [1.29, 1.82) is 0 Å². The van der Waals surface area contributed by atoms with Gasteiger partial charge in [0.2, 0.25) is 0 Å². The Morgan fingerprint density at radius 1 is 1.20 bits per heavy atom. The smallest absolute Gasteiger partial charge is 0.135 e. The van der Waals surface area contributed by atoms with E-state index >= 15 is 0 Å². The van der Waals surface area contributed by atoms with E-state index in [0.717, 1.165) is 24.2 Å². The molecule has 0 aromatic heterocycles. The molecule has 0 N–H and O–H groups in total. The number of rotatable bonds is 6. The van der Waals surface area contributed by atoms with Crippen molar-refractivity contribution in [2.24, 2.45) is 5.41 Å². The maximum atomic E-state index is 11.4. The molecule has 0 aliphatic carbocycles. The molecule has 0 radical (unpaired) electrons. The van der Waals surface area contributed by atoms with Crippen LogP contribution in [0, 0.1) is 19.3 Å². The predicted octanol–water partition coefficient (Wildman–Crippen LogP) is 5.10. The second-order valence-electron chi connectivity index (χ2n) is 5.66. The van der Waals surface area contributed by atoms with Gasteiger partial charge in [0.1, 0.15) is 11.5 Å². The highest BCUT2D eigenvalue weighted by Crippen LogP contribution is 2.24. The van der Waals surface area contributed by atoms with Crippen LogP contribution in [0.15, 0.2) is 18.2 Å². The molecule has 1 rings (SSSR count). The van der Waals surface area contributed by atoms with Crippen LogP contribution >= 0.6 is 0 Å². The molecule has 2 heteroatoms. The average molecular weight is 278 g/mol. The van der Waals surface area contributed by atoms with Gasteiger partial charge in [-0.1, -0.05) is 39.8 Å². The first-order valence-corrected chi connectivity index (χ1v) is 7.54. The summed E-state index contributed by atoms with van der Waals surface area (Å²) in [4.78, 5) is 11.4. The van der Waals surface area contributed by atoms with Crippen LogP contribution in [0.4, 0.5) is 0 Å². The monoisotopic (exact) mass is 278 g/mol. The molecule has 0 aliphatic heterocycles. The Morgan fingerprint density at radius 2 is 1.80 bits per heavy atom. The topological polar surface area (TPSA) is 26.3 Å². The summed E-state index contributed by atoms with van der Waals surface area (Å²) in [5.41, 5.74) is 2.14. The first kappa shape index (κ1) is 18.7. The third kappa shape index (κ3) is 6.23. The summed E-state index contributed by atoms with van der Waals surface area (Å²) in [5.74, 6) is 1.20. The van der Waals surface area contributed by atoms with Crippen molar-refractivity contribution in [3.8, 4) is 5.75 Å². The highest BCUT2D eigenvalue weighted by molar-refractivity contribution is 5.81. The van der Waals surface area contributed by atoms with Gasteiger partial charge in [-0.05, 0) is 50.8 Å². The largest absolute Gasteiger partial charge is 0.493 e. The van der Waals surface area contributed by atoms with Gasteiger partial charge in [-0.2, -0.15) is 0 Å². The van der Waals surface area contributed by atoms with E-state index in [4.69, 9.17) is 4.74 Å². The van der Waals surface area contributed by atoms with E-state index in [1.54, 1.807) is 6.92 Å². The standard InChI is InChI=1S/C16H24O2.C2H6/c1-12-7-8-13(2)15(11-12)18-10-6-9-16(4,5)14(3)17;1-2/h7-8,11H,6,9-10H2,1-5H3;1-2H3. The summed E-state index contributed by atoms with van der Waals surface area (Å²) in [7, 11) is 0. The van der Waals surface area contributed by atoms with Gasteiger partial charge in [0, 0.05) is 5.41 Å². The lowest BCUT2D eigenvalue weighted by molar-refractivity contribution is -0.125. The van der Waals surface area contributed by atoms with E-state index in [1.165, 1.54) is 5.56 Å². The SMILES string of the molecule is CC.CC(=O)C(C)(C)CCCOc1cc(C)ccc1C. The van der Waals surface area contributed by atoms with Crippen LogP contribution in [-0.2, 0) is 4.79 Å². The van der Waals surface area contributed by atoms with Crippen molar-refractivity contribution in [2.45, 2.75) is 61.3 Å². The Labute approximate surface area is 124 Å². The molecule has 1 aromatic carbocycles. The second-order valence-corrected chi connectivity index (χ2v) is 5.66. The van der Waals surface area contributed by atoms with Crippen molar-refractivity contribution in [3.05, 3.63) is 29.3 Å². The number of Topliss-reactive ketones (excluding diaryl/α,β-unsaturated/α-hetero) is 1. The van der Waals surface area contributed by atoms with Crippen LogP contribution in [0.1, 0.15) is 58.6 Å². The van der Waals surface area contributed by atoms with E-state index in [-0.39, 0.29) is 11.2 Å². The molecule has 0 atom stereocenters. The minimum Gasteiger partial charge on any atom is -0.493 e. The van der Waals surface area contributed by atoms with Crippen molar-refractivity contribution in [1.82, 2.24) is 0 Å². The minimum absolute atomic E-state index is 0.231. The van der Waals surface area contributed by atoms with Crippen LogP contribution in [-0.4, -0.2) is 12.4 Å². The summed E-state index contributed by atoms with van der Waals surface area (Å²) in [6.07, 6.45) is 1.77. The molecule has 114 valence electrons. The van der Waals surface area contributed by atoms with Crippen molar-refractivity contribution in [3.63, 3.8) is 0 Å². The molecular formula is C18H30O2. The first-order chi connectivity index (χ1) is 9.33. The number of ketones is 1. The summed E-state index contributed by atoms with van der Waals surface area (Å²) >= 11 is 0. The van der Waals surface area contributed by atoms with Gasteiger partial charge in [-0.15, -0.1) is 0 Å². The summed E-state index contributed by atoms with van der Waals surface area (Å²) in [6, 6.07) is 6.22. The fourth-order valence-corrected chi connectivity index (χ4v) is 1.74. The Bertz CT molecular complexity index is 419. The number of ether oxygens (including phenoxy) is 1. The summed E-state index contributed by atoms with van der Waals surface area (Å²) in [6.45, 7) is 14.4. The van der Waals surface area contributed by atoms with Gasteiger partial charge in [0.25, 0.3) is 0 Å². The lowest BCUT2D eigenvalue weighted by atomic mass is 9.84. The van der Waals surface area contributed by atoms with Gasteiger partial charge in [0.05, 0.1) is 6.61 Å². The third-order valence-electron chi connectivity index (χ3n) is 3.50. The van der Waals surface area contributed by atoms with Crippen LogP contribution < -0.4 is 4.74 Å². The van der Waals surface area contributed by atoms with Gasteiger partial charge in [-0.25, -0.2) is 0 Å². The zero-order chi connectivity index (χ0) is 15.8. The van der Waals surface area contributed by atoms with Gasteiger partial charge in [0.15, 0.2) is 0 Å². The van der Waals surface area contributed by atoms with Crippen molar-refractivity contribution < 1.29 is 9.53 Å². The normalized spacial score (nSPS) is 10.6. The molecular weight excluding hydrogens is 248 g/mol. The van der Waals surface area contributed by atoms with Crippen molar-refractivity contribution >= 4 is 5.78 Å². The number of carbonyl (C=O) groups is 1. The maximum Gasteiger partial charge on any atom is 0.135 e. The Morgan fingerprint density at radius 3 is 2.35 bits per heavy atom. The fraction of sp³-hybridized carbons (Fsp3) is 0.611. The maximum absolute atomic E-state index is 11.4. The molecule has 0 saturated carbocycles. The Balaban J connectivity index is 0.00000172. The number of hydrogen-bond acceptors (Lipinski definition) is 2. The highest BCUT2D eigenvalue weighted by Gasteiger charge is 2.22. The number of hydrogen-bond donors (Lipinski definition) is 0. The number of carbonyl (C=O) groups excluding carboxylic acids is 1.